The Bertz CT molecular complexity index is 1550. The van der Waals surface area contributed by atoms with E-state index in [-0.39, 0.29) is 28.1 Å². The molecule has 208 valence electrons. The van der Waals surface area contributed by atoms with Crippen LogP contribution in [0.2, 0.25) is 5.02 Å². The van der Waals surface area contributed by atoms with Crippen molar-refractivity contribution in [2.75, 3.05) is 5.32 Å². The third kappa shape index (κ3) is 5.60. The molecule has 0 aliphatic heterocycles. The second-order valence-electron chi connectivity index (χ2n) is 9.71. The van der Waals surface area contributed by atoms with Crippen LogP contribution in [0.15, 0.2) is 53.4 Å². The summed E-state index contributed by atoms with van der Waals surface area (Å²) in [5.41, 5.74) is -6.00. The number of sulfone groups is 1. The molecule has 0 saturated heterocycles. The molecule has 4 rings (SSSR count). The van der Waals surface area contributed by atoms with E-state index in [4.69, 9.17) is 11.6 Å². The van der Waals surface area contributed by atoms with Crippen molar-refractivity contribution in [3.05, 3.63) is 76.3 Å². The van der Waals surface area contributed by atoms with Crippen LogP contribution in [0.5, 0.6) is 5.75 Å². The SMILES string of the molecule is CC1(c2cc(-c3ccc(F)cc3F)cc(C(=O)Nc3ccc(S(=O)(=O)C(F)(F)F)cc3Cl)c2O)CCCCC1. The number of rotatable bonds is 5. The zero-order chi connectivity index (χ0) is 28.8. The van der Waals surface area contributed by atoms with Gasteiger partial charge in [-0.3, -0.25) is 4.79 Å². The van der Waals surface area contributed by atoms with E-state index in [1.54, 1.807) is 6.07 Å². The molecule has 1 aliphatic rings. The standard InChI is InChI=1S/C27H23ClF5NO4S/c1-26(9-3-2-4-10-26)20-12-15(18-7-5-16(29)13-22(18)30)11-19(24(20)35)25(36)34-23-8-6-17(14-21(23)28)39(37,38)27(31,32)33/h5-8,11-14,35H,2-4,9-10H2,1H3,(H,34,36). The third-order valence-corrected chi connectivity index (χ3v) is 8.80. The Morgan fingerprint density at radius 1 is 1.00 bits per heavy atom. The molecule has 0 bridgehead atoms. The number of phenols is 1. The summed E-state index contributed by atoms with van der Waals surface area (Å²) in [4.78, 5) is 12.2. The Morgan fingerprint density at radius 2 is 1.67 bits per heavy atom. The number of benzene rings is 3. The summed E-state index contributed by atoms with van der Waals surface area (Å²) < 4.78 is 90.3. The molecule has 0 spiro atoms. The zero-order valence-electron chi connectivity index (χ0n) is 20.5. The van der Waals surface area contributed by atoms with Gasteiger partial charge in [0.2, 0.25) is 0 Å². The van der Waals surface area contributed by atoms with E-state index in [0.29, 0.717) is 36.6 Å². The van der Waals surface area contributed by atoms with Gasteiger partial charge in [0.25, 0.3) is 15.7 Å². The lowest BCUT2D eigenvalue weighted by molar-refractivity contribution is -0.0436. The van der Waals surface area contributed by atoms with Gasteiger partial charge in [0.05, 0.1) is 21.2 Å². The maximum atomic E-state index is 14.7. The Hall–Kier alpha value is -3.18. The normalized spacial score (nSPS) is 15.7. The summed E-state index contributed by atoms with van der Waals surface area (Å²) in [5, 5.41) is 13.1. The molecule has 2 N–H and O–H groups in total. The minimum Gasteiger partial charge on any atom is -0.507 e. The summed E-state index contributed by atoms with van der Waals surface area (Å²) >= 11 is 6.00. The average Bonchev–Trinajstić information content (AvgIpc) is 2.85. The van der Waals surface area contributed by atoms with E-state index in [1.165, 1.54) is 12.1 Å². The molecule has 0 atom stereocenters. The highest BCUT2D eigenvalue weighted by Crippen LogP contribution is 2.46. The molecule has 12 heteroatoms. The van der Waals surface area contributed by atoms with Crippen LogP contribution in [0.25, 0.3) is 11.1 Å². The molecule has 5 nitrogen and oxygen atoms in total. The number of hydrogen-bond donors (Lipinski definition) is 2. The minimum absolute atomic E-state index is 0.00847. The predicted molar refractivity (Wildman–Crippen MR) is 137 cm³/mol. The molecule has 1 saturated carbocycles. The molecular weight excluding hydrogens is 565 g/mol. The maximum absolute atomic E-state index is 14.7. The van der Waals surface area contributed by atoms with E-state index in [0.717, 1.165) is 31.4 Å². The van der Waals surface area contributed by atoms with Crippen LogP contribution >= 0.6 is 11.6 Å². The zero-order valence-corrected chi connectivity index (χ0v) is 22.1. The van der Waals surface area contributed by atoms with E-state index in [9.17, 15) is 40.3 Å². The Balaban J connectivity index is 1.78. The van der Waals surface area contributed by atoms with E-state index in [1.807, 2.05) is 6.92 Å². The van der Waals surface area contributed by atoms with Crippen molar-refractivity contribution < 1.29 is 40.3 Å². The lowest BCUT2D eigenvalue weighted by Crippen LogP contribution is -2.26. The van der Waals surface area contributed by atoms with E-state index in [2.05, 4.69) is 5.32 Å². The first kappa shape index (κ1) is 28.8. The van der Waals surface area contributed by atoms with E-state index < -0.39 is 48.2 Å². The van der Waals surface area contributed by atoms with Gasteiger partial charge in [-0.1, -0.05) is 37.8 Å². The van der Waals surface area contributed by atoms with Gasteiger partial charge >= 0.3 is 5.51 Å². The smallest absolute Gasteiger partial charge is 0.501 e. The monoisotopic (exact) mass is 587 g/mol. The summed E-state index contributed by atoms with van der Waals surface area (Å²) in [6, 6.07) is 7.83. The molecule has 0 heterocycles. The third-order valence-electron chi connectivity index (χ3n) is 7.01. The lowest BCUT2D eigenvalue weighted by atomic mass is 9.70. The maximum Gasteiger partial charge on any atom is 0.501 e. The van der Waals surface area contributed by atoms with Gasteiger partial charge < -0.3 is 10.4 Å². The quantitative estimate of drug-likeness (QED) is 0.299. The van der Waals surface area contributed by atoms with Crippen LogP contribution in [0.3, 0.4) is 0 Å². The number of anilines is 1. The largest absolute Gasteiger partial charge is 0.507 e. The van der Waals surface area contributed by atoms with Crippen LogP contribution in [0.1, 0.15) is 54.9 Å². The number of hydrogen-bond acceptors (Lipinski definition) is 4. The van der Waals surface area contributed by atoms with Crippen molar-refractivity contribution in [1.29, 1.82) is 0 Å². The number of alkyl halides is 3. The van der Waals surface area contributed by atoms with Gasteiger partial charge in [-0.05, 0) is 66.3 Å². The first-order valence-corrected chi connectivity index (χ1v) is 13.8. The Labute approximate surface area is 226 Å². The molecule has 3 aromatic carbocycles. The number of nitrogens with one attached hydrogen (secondary N) is 1. The molecule has 1 aliphatic carbocycles. The first-order chi connectivity index (χ1) is 18.1. The second-order valence-corrected chi connectivity index (χ2v) is 12.1. The molecule has 1 amide bonds. The Morgan fingerprint density at radius 3 is 2.26 bits per heavy atom. The van der Waals surface area contributed by atoms with Gasteiger partial charge in [-0.25, -0.2) is 17.2 Å². The van der Waals surface area contributed by atoms with Gasteiger partial charge in [-0.15, -0.1) is 0 Å². The van der Waals surface area contributed by atoms with Crippen molar-refractivity contribution in [1.82, 2.24) is 0 Å². The van der Waals surface area contributed by atoms with Crippen LogP contribution in [-0.2, 0) is 15.3 Å². The van der Waals surface area contributed by atoms with Crippen LogP contribution in [0.4, 0.5) is 27.6 Å². The number of amides is 1. The number of halogens is 6. The molecule has 1 fully saturated rings. The van der Waals surface area contributed by atoms with Crippen molar-refractivity contribution in [2.45, 2.75) is 54.8 Å². The molecule has 3 aromatic rings. The minimum atomic E-state index is -5.67. The van der Waals surface area contributed by atoms with Crippen molar-refractivity contribution >= 4 is 33.0 Å². The highest BCUT2D eigenvalue weighted by molar-refractivity contribution is 7.92. The fourth-order valence-electron chi connectivity index (χ4n) is 4.84. The van der Waals surface area contributed by atoms with Crippen molar-refractivity contribution in [3.8, 4) is 16.9 Å². The fraction of sp³-hybridized carbons (Fsp3) is 0.296. The van der Waals surface area contributed by atoms with Crippen molar-refractivity contribution in [2.24, 2.45) is 0 Å². The highest BCUT2D eigenvalue weighted by atomic mass is 35.5. The van der Waals surface area contributed by atoms with Crippen LogP contribution in [0, 0.1) is 11.6 Å². The summed E-state index contributed by atoms with van der Waals surface area (Å²) in [7, 11) is -5.67. The summed E-state index contributed by atoms with van der Waals surface area (Å²) in [5.74, 6) is -2.96. The molecule has 0 aromatic heterocycles. The molecule has 0 unspecified atom stereocenters. The van der Waals surface area contributed by atoms with Gasteiger partial charge in [0, 0.05) is 17.2 Å². The second kappa shape index (κ2) is 10.4. The number of carbonyl (C=O) groups excluding carboxylic acids is 1. The number of aromatic hydroxyl groups is 1. The fourth-order valence-corrected chi connectivity index (χ4v) is 5.92. The average molecular weight is 588 g/mol. The van der Waals surface area contributed by atoms with E-state index >= 15 is 0 Å². The molecule has 39 heavy (non-hydrogen) atoms. The van der Waals surface area contributed by atoms with Gasteiger partial charge in [-0.2, -0.15) is 13.2 Å². The summed E-state index contributed by atoms with van der Waals surface area (Å²) in [6.07, 6.45) is 4.12. The number of carbonyl (C=O) groups is 1. The summed E-state index contributed by atoms with van der Waals surface area (Å²) in [6.45, 7) is 1.92. The molecule has 0 radical (unpaired) electrons. The van der Waals surface area contributed by atoms with Gasteiger partial charge in [0.15, 0.2) is 0 Å². The van der Waals surface area contributed by atoms with Gasteiger partial charge in [0.1, 0.15) is 17.4 Å². The molecular formula is C27H23ClF5NO4S. The van der Waals surface area contributed by atoms with Crippen molar-refractivity contribution in [3.63, 3.8) is 0 Å². The number of phenolic OH excluding ortho intramolecular Hbond substituents is 1. The lowest BCUT2D eigenvalue weighted by Gasteiger charge is -2.35. The van der Waals surface area contributed by atoms with Crippen LogP contribution < -0.4 is 5.32 Å². The topological polar surface area (TPSA) is 83.5 Å². The first-order valence-electron chi connectivity index (χ1n) is 11.9. The Kier molecular flexibility index (Phi) is 7.70. The van der Waals surface area contributed by atoms with Crippen LogP contribution in [-0.4, -0.2) is 24.9 Å². The predicted octanol–water partition coefficient (Wildman–Crippen LogP) is 7.76. The highest BCUT2D eigenvalue weighted by Gasteiger charge is 2.47.